The first-order valence-corrected chi connectivity index (χ1v) is 11.6. The van der Waals surface area contributed by atoms with Gasteiger partial charge in [-0.05, 0) is 56.2 Å². The second kappa shape index (κ2) is 8.14. The summed E-state index contributed by atoms with van der Waals surface area (Å²) in [5.41, 5.74) is 0.508. The van der Waals surface area contributed by atoms with Crippen molar-refractivity contribution in [1.82, 2.24) is 5.32 Å². The fourth-order valence-electron chi connectivity index (χ4n) is 3.95. The lowest BCUT2D eigenvalue weighted by atomic mass is 9.97. The number of benzene rings is 2. The van der Waals surface area contributed by atoms with Crippen LogP contribution in [0.1, 0.15) is 48.5 Å². The van der Waals surface area contributed by atoms with E-state index in [1.165, 1.54) is 6.07 Å². The van der Waals surface area contributed by atoms with Crippen molar-refractivity contribution in [2.45, 2.75) is 43.0 Å². The van der Waals surface area contributed by atoms with Crippen molar-refractivity contribution in [3.63, 3.8) is 0 Å². The molecule has 2 aromatic carbocycles. The molecule has 1 aliphatic carbocycles. The van der Waals surface area contributed by atoms with Crippen molar-refractivity contribution in [2.75, 3.05) is 11.9 Å². The van der Waals surface area contributed by atoms with Gasteiger partial charge in [0.05, 0.1) is 6.61 Å². The summed E-state index contributed by atoms with van der Waals surface area (Å²) < 4.78 is 33.3. The Morgan fingerprint density at radius 1 is 1.06 bits per heavy atom. The second-order valence-electron chi connectivity index (χ2n) is 7.58. The van der Waals surface area contributed by atoms with Gasteiger partial charge in [0, 0.05) is 16.8 Å². The van der Waals surface area contributed by atoms with Crippen molar-refractivity contribution in [2.24, 2.45) is 4.40 Å². The number of nitrogens with zero attached hydrogens (tertiary/aromatic N) is 1. The number of carbonyl (C=O) groups is 2. The molecule has 2 aromatic rings. The van der Waals surface area contributed by atoms with Crippen LogP contribution in [-0.2, 0) is 19.6 Å². The largest absolute Gasteiger partial charge is 0.464 e. The molecule has 1 fully saturated rings. The molecule has 1 saturated carbocycles. The Morgan fingerprint density at radius 2 is 1.74 bits per heavy atom. The Hall–Kier alpha value is -3.20. The van der Waals surface area contributed by atoms with Crippen LogP contribution >= 0.6 is 0 Å². The van der Waals surface area contributed by atoms with Crippen LogP contribution in [0.5, 0.6) is 0 Å². The Bertz CT molecular complexity index is 1150. The van der Waals surface area contributed by atoms with Gasteiger partial charge in [-0.2, -0.15) is 8.42 Å². The van der Waals surface area contributed by atoms with E-state index in [0.717, 1.165) is 12.8 Å². The van der Waals surface area contributed by atoms with Crippen molar-refractivity contribution in [1.29, 1.82) is 0 Å². The SMILES string of the molecule is CCOC(=O)C1(NC(=O)c2ccc(NC3=NS(=O)(=O)c4ccccc43)cc2)CCCC1. The first kappa shape index (κ1) is 21.0. The molecule has 1 heterocycles. The van der Waals surface area contributed by atoms with E-state index in [9.17, 15) is 18.0 Å². The van der Waals surface area contributed by atoms with Crippen LogP contribution in [0.25, 0.3) is 0 Å². The molecule has 1 aliphatic heterocycles. The Labute approximate surface area is 180 Å². The summed E-state index contributed by atoms with van der Waals surface area (Å²) in [4.78, 5) is 25.4. The molecule has 2 aliphatic rings. The summed E-state index contributed by atoms with van der Waals surface area (Å²) in [6.45, 7) is 2.01. The fourth-order valence-corrected chi connectivity index (χ4v) is 5.13. The van der Waals surface area contributed by atoms with Gasteiger partial charge >= 0.3 is 5.97 Å². The van der Waals surface area contributed by atoms with Gasteiger partial charge in [0.25, 0.3) is 15.9 Å². The highest BCUT2D eigenvalue weighted by Gasteiger charge is 2.44. The molecule has 9 heteroatoms. The average molecular weight is 442 g/mol. The molecule has 0 aromatic heterocycles. The van der Waals surface area contributed by atoms with Crippen LogP contribution in [0, 0.1) is 0 Å². The van der Waals surface area contributed by atoms with Crippen molar-refractivity contribution < 1.29 is 22.7 Å². The third kappa shape index (κ3) is 4.05. The summed E-state index contributed by atoms with van der Waals surface area (Å²) in [7, 11) is -3.71. The van der Waals surface area contributed by atoms with Crippen molar-refractivity contribution in [3.8, 4) is 0 Å². The molecule has 2 N–H and O–H groups in total. The maximum atomic E-state index is 12.8. The lowest BCUT2D eigenvalue weighted by molar-refractivity contribution is -0.150. The highest BCUT2D eigenvalue weighted by Crippen LogP contribution is 2.31. The minimum Gasteiger partial charge on any atom is -0.464 e. The smallest absolute Gasteiger partial charge is 0.331 e. The first-order valence-electron chi connectivity index (χ1n) is 10.2. The van der Waals surface area contributed by atoms with Gasteiger partial charge in [-0.25, -0.2) is 4.79 Å². The predicted molar refractivity (Wildman–Crippen MR) is 116 cm³/mol. The van der Waals surface area contributed by atoms with E-state index in [0.29, 0.717) is 29.7 Å². The molecule has 0 unspecified atom stereocenters. The molecule has 0 saturated heterocycles. The Balaban J connectivity index is 1.49. The van der Waals surface area contributed by atoms with Crippen molar-refractivity contribution in [3.05, 3.63) is 59.7 Å². The molecule has 0 bridgehead atoms. The minimum absolute atomic E-state index is 0.161. The maximum Gasteiger partial charge on any atom is 0.331 e. The van der Waals surface area contributed by atoms with Gasteiger partial charge < -0.3 is 15.4 Å². The van der Waals surface area contributed by atoms with Crippen LogP contribution < -0.4 is 10.6 Å². The Kier molecular flexibility index (Phi) is 5.53. The molecule has 0 radical (unpaired) electrons. The van der Waals surface area contributed by atoms with Gasteiger partial charge in [0.1, 0.15) is 10.4 Å². The second-order valence-corrected chi connectivity index (χ2v) is 9.15. The number of amides is 1. The van der Waals surface area contributed by atoms with Crippen LogP contribution in [-0.4, -0.2) is 38.3 Å². The number of amidine groups is 1. The molecule has 4 rings (SSSR count). The van der Waals surface area contributed by atoms with Crippen LogP contribution in [0.3, 0.4) is 0 Å². The number of hydrogen-bond acceptors (Lipinski definition) is 6. The van der Waals surface area contributed by atoms with E-state index in [1.807, 2.05) is 0 Å². The summed E-state index contributed by atoms with van der Waals surface area (Å²) >= 11 is 0. The number of fused-ring (bicyclic) bond motifs is 1. The number of nitrogens with one attached hydrogen (secondary N) is 2. The van der Waals surface area contributed by atoms with E-state index in [1.54, 1.807) is 49.4 Å². The fraction of sp³-hybridized carbons (Fsp3) is 0.318. The minimum atomic E-state index is -3.71. The molecule has 0 spiro atoms. The number of anilines is 1. The third-order valence-corrected chi connectivity index (χ3v) is 6.85. The van der Waals surface area contributed by atoms with E-state index < -0.39 is 21.5 Å². The lowest BCUT2D eigenvalue weighted by Gasteiger charge is -2.27. The molecule has 1 amide bonds. The number of hydrogen-bond donors (Lipinski definition) is 2. The molecular formula is C22H23N3O5S. The van der Waals surface area contributed by atoms with Crippen LogP contribution in [0.2, 0.25) is 0 Å². The number of sulfonamides is 1. The lowest BCUT2D eigenvalue weighted by Crippen LogP contribution is -2.53. The number of ether oxygens (including phenoxy) is 1. The van der Waals surface area contributed by atoms with Gasteiger partial charge in [0.2, 0.25) is 0 Å². The summed E-state index contributed by atoms with van der Waals surface area (Å²) in [6, 6.07) is 13.1. The van der Waals surface area contributed by atoms with Gasteiger partial charge in [0.15, 0.2) is 5.84 Å². The number of esters is 1. The third-order valence-electron chi connectivity index (χ3n) is 5.52. The Morgan fingerprint density at radius 3 is 2.42 bits per heavy atom. The zero-order chi connectivity index (χ0) is 22.1. The van der Waals surface area contributed by atoms with E-state index in [2.05, 4.69) is 15.0 Å². The highest BCUT2D eigenvalue weighted by atomic mass is 32.2. The number of carbonyl (C=O) groups excluding carboxylic acids is 2. The first-order chi connectivity index (χ1) is 14.8. The zero-order valence-corrected chi connectivity index (χ0v) is 17.9. The van der Waals surface area contributed by atoms with Gasteiger partial charge in [-0.1, -0.05) is 25.0 Å². The zero-order valence-electron chi connectivity index (χ0n) is 17.1. The standard InChI is InChI=1S/C22H23N3O5S/c1-2-30-21(27)22(13-5-6-14-22)24-20(26)15-9-11-16(12-10-15)23-19-17-7-3-4-8-18(17)31(28,29)25-19/h3-4,7-12H,2,5-6,13-14H2,1H3,(H,23,25)(H,24,26). The highest BCUT2D eigenvalue weighted by molar-refractivity contribution is 7.90. The molecular weight excluding hydrogens is 418 g/mol. The van der Waals surface area contributed by atoms with Crippen LogP contribution in [0.4, 0.5) is 5.69 Å². The molecule has 8 nitrogen and oxygen atoms in total. The quantitative estimate of drug-likeness (QED) is 0.690. The summed E-state index contributed by atoms with van der Waals surface area (Å²) in [5.74, 6) is -0.508. The normalized spacial score (nSPS) is 18.0. The van der Waals surface area contributed by atoms with E-state index in [-0.39, 0.29) is 23.2 Å². The van der Waals surface area contributed by atoms with Gasteiger partial charge in [-0.3, -0.25) is 4.79 Å². The summed E-state index contributed by atoms with van der Waals surface area (Å²) in [6.07, 6.45) is 2.83. The van der Waals surface area contributed by atoms with E-state index in [4.69, 9.17) is 4.74 Å². The predicted octanol–water partition coefficient (Wildman–Crippen LogP) is 2.85. The van der Waals surface area contributed by atoms with Crippen LogP contribution in [0.15, 0.2) is 57.8 Å². The number of rotatable bonds is 5. The van der Waals surface area contributed by atoms with Crippen molar-refractivity contribution >= 4 is 33.4 Å². The monoisotopic (exact) mass is 441 g/mol. The molecule has 31 heavy (non-hydrogen) atoms. The van der Waals surface area contributed by atoms with Gasteiger partial charge in [-0.15, -0.1) is 4.40 Å². The summed E-state index contributed by atoms with van der Waals surface area (Å²) in [5, 5.41) is 5.87. The molecule has 0 atom stereocenters. The molecule has 162 valence electrons. The maximum absolute atomic E-state index is 12.8. The average Bonchev–Trinajstić information content (AvgIpc) is 3.32. The van der Waals surface area contributed by atoms with E-state index >= 15 is 0 Å². The topological polar surface area (TPSA) is 114 Å².